The Kier molecular flexibility index (Phi) is 5.91. The van der Waals surface area contributed by atoms with Crippen molar-refractivity contribution in [1.82, 2.24) is 9.88 Å². The van der Waals surface area contributed by atoms with Crippen molar-refractivity contribution in [2.45, 2.75) is 39.7 Å². The molecule has 0 aliphatic carbocycles. The van der Waals surface area contributed by atoms with Crippen LogP contribution in [0.4, 0.5) is 5.69 Å². The number of pyridine rings is 1. The van der Waals surface area contributed by atoms with Gasteiger partial charge < -0.3 is 10.2 Å². The molecule has 0 aliphatic rings. The zero-order valence-corrected chi connectivity index (χ0v) is 15.2. The maximum Gasteiger partial charge on any atom is 0.244 e. The monoisotopic (exact) mass is 339 g/mol. The molecule has 5 nitrogen and oxygen atoms in total. The Bertz CT molecular complexity index is 736. The fraction of sp³-hybridized carbons (Fsp3) is 0.350. The van der Waals surface area contributed by atoms with Crippen molar-refractivity contribution < 1.29 is 9.59 Å². The molecular weight excluding hydrogens is 314 g/mol. The van der Waals surface area contributed by atoms with E-state index in [0.29, 0.717) is 6.54 Å². The van der Waals surface area contributed by atoms with Crippen LogP contribution in [0.15, 0.2) is 48.8 Å². The zero-order valence-electron chi connectivity index (χ0n) is 15.2. The number of carbonyl (C=O) groups excluding carboxylic acids is 2. The summed E-state index contributed by atoms with van der Waals surface area (Å²) >= 11 is 0. The van der Waals surface area contributed by atoms with E-state index in [9.17, 15) is 9.59 Å². The lowest BCUT2D eigenvalue weighted by atomic mass is 9.86. The smallest absolute Gasteiger partial charge is 0.244 e. The zero-order chi connectivity index (χ0) is 18.4. The fourth-order valence-electron chi connectivity index (χ4n) is 2.60. The highest BCUT2D eigenvalue weighted by Gasteiger charge is 2.20. The molecule has 2 aromatic rings. The third kappa shape index (κ3) is 5.41. The lowest BCUT2D eigenvalue weighted by Gasteiger charge is -2.24. The molecule has 2 rings (SSSR count). The molecule has 0 saturated carbocycles. The number of amides is 2. The van der Waals surface area contributed by atoms with Crippen LogP contribution in [0.25, 0.3) is 0 Å². The van der Waals surface area contributed by atoms with Crippen molar-refractivity contribution >= 4 is 17.5 Å². The number of carbonyl (C=O) groups is 2. The minimum Gasteiger partial charge on any atom is -0.329 e. The topological polar surface area (TPSA) is 62.3 Å². The molecule has 25 heavy (non-hydrogen) atoms. The van der Waals surface area contributed by atoms with Crippen LogP contribution in [0.5, 0.6) is 0 Å². The van der Waals surface area contributed by atoms with Crippen LogP contribution in [0.1, 0.15) is 38.8 Å². The standard InChI is InChI=1S/C20H25N3O2/c1-15(24)23(13-16-9-11-21-12-10-16)14-19(25)22-18-8-6-5-7-17(18)20(2,3)4/h5-12H,13-14H2,1-4H3,(H,22,25). The van der Waals surface area contributed by atoms with Gasteiger partial charge in [0.05, 0.1) is 0 Å². The van der Waals surface area contributed by atoms with E-state index in [-0.39, 0.29) is 23.8 Å². The molecule has 1 heterocycles. The molecule has 2 amide bonds. The van der Waals surface area contributed by atoms with Crippen LogP contribution >= 0.6 is 0 Å². The Labute approximate surface area is 149 Å². The highest BCUT2D eigenvalue weighted by molar-refractivity contribution is 5.95. The molecular formula is C20H25N3O2. The van der Waals surface area contributed by atoms with Gasteiger partial charge in [0.1, 0.15) is 6.54 Å². The van der Waals surface area contributed by atoms with E-state index >= 15 is 0 Å². The minimum atomic E-state index is -0.207. The maximum atomic E-state index is 12.5. The maximum absolute atomic E-state index is 12.5. The largest absolute Gasteiger partial charge is 0.329 e. The van der Waals surface area contributed by atoms with Gasteiger partial charge in [-0.15, -0.1) is 0 Å². The van der Waals surface area contributed by atoms with E-state index in [1.807, 2.05) is 36.4 Å². The average Bonchev–Trinajstić information content (AvgIpc) is 2.54. The van der Waals surface area contributed by atoms with Crippen LogP contribution in [-0.4, -0.2) is 28.2 Å². The SMILES string of the molecule is CC(=O)N(CC(=O)Nc1ccccc1C(C)(C)C)Cc1ccncc1. The first-order valence-corrected chi connectivity index (χ1v) is 8.31. The number of hydrogen-bond donors (Lipinski definition) is 1. The highest BCUT2D eigenvalue weighted by atomic mass is 16.2. The molecule has 0 aliphatic heterocycles. The summed E-state index contributed by atoms with van der Waals surface area (Å²) in [7, 11) is 0. The lowest BCUT2D eigenvalue weighted by Crippen LogP contribution is -2.36. The van der Waals surface area contributed by atoms with Crippen LogP contribution < -0.4 is 5.32 Å². The summed E-state index contributed by atoms with van der Waals surface area (Å²) in [5.41, 5.74) is 2.70. The van der Waals surface area contributed by atoms with Gasteiger partial charge in [0.2, 0.25) is 11.8 Å². The fourth-order valence-corrected chi connectivity index (χ4v) is 2.60. The van der Waals surface area contributed by atoms with E-state index in [4.69, 9.17) is 0 Å². The lowest BCUT2D eigenvalue weighted by molar-refractivity contribution is -0.133. The summed E-state index contributed by atoms with van der Waals surface area (Å²) in [5.74, 6) is -0.350. The Balaban J connectivity index is 2.09. The second-order valence-electron chi connectivity index (χ2n) is 7.07. The summed E-state index contributed by atoms with van der Waals surface area (Å²) in [5, 5.41) is 2.94. The molecule has 1 aromatic carbocycles. The number of benzene rings is 1. The van der Waals surface area contributed by atoms with Crippen molar-refractivity contribution in [2.75, 3.05) is 11.9 Å². The molecule has 0 spiro atoms. The first kappa shape index (κ1) is 18.6. The normalized spacial score (nSPS) is 11.0. The number of aromatic nitrogens is 1. The predicted octanol–water partition coefficient (Wildman–Crippen LogP) is 3.37. The first-order chi connectivity index (χ1) is 11.8. The Morgan fingerprint density at radius 3 is 2.32 bits per heavy atom. The molecule has 1 N–H and O–H groups in total. The number of para-hydroxylation sites is 1. The van der Waals surface area contributed by atoms with Crippen LogP contribution in [0.3, 0.4) is 0 Å². The van der Waals surface area contributed by atoms with Gasteiger partial charge in [-0.05, 0) is 34.7 Å². The van der Waals surface area contributed by atoms with Crippen molar-refractivity contribution in [3.8, 4) is 0 Å². The Morgan fingerprint density at radius 1 is 1.08 bits per heavy atom. The number of hydrogen-bond acceptors (Lipinski definition) is 3. The van der Waals surface area contributed by atoms with Crippen molar-refractivity contribution in [2.24, 2.45) is 0 Å². The van der Waals surface area contributed by atoms with E-state index in [2.05, 4.69) is 31.1 Å². The Morgan fingerprint density at radius 2 is 1.72 bits per heavy atom. The average molecular weight is 339 g/mol. The minimum absolute atomic E-state index is 0.0101. The van der Waals surface area contributed by atoms with E-state index in [1.165, 1.54) is 11.8 Å². The Hall–Kier alpha value is -2.69. The van der Waals surface area contributed by atoms with Gasteiger partial charge in [0, 0.05) is 31.5 Å². The summed E-state index contributed by atoms with van der Waals surface area (Å²) in [6.45, 7) is 8.16. The third-order valence-electron chi connectivity index (χ3n) is 3.91. The predicted molar refractivity (Wildman–Crippen MR) is 99.1 cm³/mol. The molecule has 0 unspecified atom stereocenters. The van der Waals surface area contributed by atoms with Gasteiger partial charge in [-0.1, -0.05) is 39.0 Å². The molecule has 5 heteroatoms. The van der Waals surface area contributed by atoms with Crippen LogP contribution in [0.2, 0.25) is 0 Å². The summed E-state index contributed by atoms with van der Waals surface area (Å²) in [6.07, 6.45) is 3.35. The number of rotatable bonds is 5. The molecule has 1 aromatic heterocycles. The number of nitrogens with one attached hydrogen (secondary N) is 1. The van der Waals surface area contributed by atoms with Gasteiger partial charge in [0.15, 0.2) is 0 Å². The number of anilines is 1. The molecule has 0 radical (unpaired) electrons. The van der Waals surface area contributed by atoms with E-state index in [0.717, 1.165) is 16.8 Å². The van der Waals surface area contributed by atoms with E-state index < -0.39 is 0 Å². The van der Waals surface area contributed by atoms with Crippen molar-refractivity contribution in [1.29, 1.82) is 0 Å². The second kappa shape index (κ2) is 7.92. The van der Waals surface area contributed by atoms with Gasteiger partial charge in [-0.2, -0.15) is 0 Å². The molecule has 0 bridgehead atoms. The number of nitrogens with zero attached hydrogens (tertiary/aromatic N) is 2. The molecule has 0 saturated heterocycles. The molecule has 0 atom stereocenters. The third-order valence-corrected chi connectivity index (χ3v) is 3.91. The van der Waals surface area contributed by atoms with Gasteiger partial charge in [-0.25, -0.2) is 0 Å². The van der Waals surface area contributed by atoms with Gasteiger partial charge >= 0.3 is 0 Å². The summed E-state index contributed by atoms with van der Waals surface area (Å²) in [4.78, 5) is 29.9. The van der Waals surface area contributed by atoms with Crippen molar-refractivity contribution in [3.63, 3.8) is 0 Å². The van der Waals surface area contributed by atoms with Gasteiger partial charge in [0.25, 0.3) is 0 Å². The van der Waals surface area contributed by atoms with Crippen LogP contribution in [-0.2, 0) is 21.5 Å². The summed E-state index contributed by atoms with van der Waals surface area (Å²) < 4.78 is 0. The highest BCUT2D eigenvalue weighted by Crippen LogP contribution is 2.29. The molecule has 132 valence electrons. The first-order valence-electron chi connectivity index (χ1n) is 8.31. The van der Waals surface area contributed by atoms with E-state index in [1.54, 1.807) is 12.4 Å². The summed E-state index contributed by atoms with van der Waals surface area (Å²) in [6, 6.07) is 11.4. The van der Waals surface area contributed by atoms with Crippen LogP contribution in [0, 0.1) is 0 Å². The quantitative estimate of drug-likeness (QED) is 0.908. The van der Waals surface area contributed by atoms with Crippen molar-refractivity contribution in [3.05, 3.63) is 59.9 Å². The molecule has 0 fully saturated rings. The van der Waals surface area contributed by atoms with Gasteiger partial charge in [-0.3, -0.25) is 14.6 Å². The second-order valence-corrected chi connectivity index (χ2v) is 7.07.